The van der Waals surface area contributed by atoms with Crippen LogP contribution in [0.15, 0.2) is 18.2 Å². The highest BCUT2D eigenvalue weighted by Gasteiger charge is 2.43. The molecule has 0 radical (unpaired) electrons. The van der Waals surface area contributed by atoms with Gasteiger partial charge in [-0.1, -0.05) is 15.9 Å². The van der Waals surface area contributed by atoms with Gasteiger partial charge in [0.15, 0.2) is 0 Å². The smallest absolute Gasteiger partial charge is 0.252 e. The fraction of sp³-hybridized carbons (Fsp3) is 0.417. The van der Waals surface area contributed by atoms with Gasteiger partial charge in [-0.25, -0.2) is 0 Å². The number of rotatable bonds is 3. The van der Waals surface area contributed by atoms with Crippen LogP contribution in [-0.2, 0) is 0 Å². The predicted molar refractivity (Wildman–Crippen MR) is 66.1 cm³/mol. The number of nitrogens with one attached hydrogen (secondary N) is 1. The second-order valence-corrected chi connectivity index (χ2v) is 4.93. The maximum Gasteiger partial charge on any atom is 0.252 e. The summed E-state index contributed by atoms with van der Waals surface area (Å²) in [5.41, 5.74) is 1.38. The second kappa shape index (κ2) is 4.09. The van der Waals surface area contributed by atoms with Gasteiger partial charge in [0, 0.05) is 10.9 Å². The Hall–Kier alpha value is -1.03. The van der Waals surface area contributed by atoms with Crippen molar-refractivity contribution in [3.05, 3.63) is 29.3 Å². The molecule has 3 nitrogen and oxygen atoms in total. The Labute approximate surface area is 103 Å². The average molecular weight is 284 g/mol. The maximum absolute atomic E-state index is 12.0. The molecule has 16 heavy (non-hydrogen) atoms. The molecule has 1 fully saturated rings. The van der Waals surface area contributed by atoms with E-state index in [1.807, 2.05) is 6.92 Å². The third kappa shape index (κ3) is 2.21. The number of carbonyl (C=O) groups excluding carboxylic acids is 1. The zero-order valence-corrected chi connectivity index (χ0v) is 10.7. The molecule has 1 amide bonds. The van der Waals surface area contributed by atoms with E-state index in [1.165, 1.54) is 6.07 Å². The number of hydrogen-bond donors (Lipinski definition) is 2. The highest BCUT2D eigenvalue weighted by atomic mass is 79.9. The first-order chi connectivity index (χ1) is 7.56. The molecule has 2 rings (SSSR count). The summed E-state index contributed by atoms with van der Waals surface area (Å²) >= 11 is 3.41. The number of phenolic OH excluding ortho intramolecular Hbond substituents is 1. The quantitative estimate of drug-likeness (QED) is 0.837. The van der Waals surface area contributed by atoms with E-state index in [4.69, 9.17) is 0 Å². The molecule has 0 aliphatic heterocycles. The van der Waals surface area contributed by atoms with Gasteiger partial charge in [-0.15, -0.1) is 0 Å². The first kappa shape index (κ1) is 11.5. The number of benzene rings is 1. The third-order valence-corrected chi connectivity index (χ3v) is 4.02. The molecule has 1 aliphatic carbocycles. The Balaban J connectivity index is 2.15. The lowest BCUT2D eigenvalue weighted by Gasteiger charge is -2.15. The number of amides is 1. The molecular weight excluding hydrogens is 270 g/mol. The van der Waals surface area contributed by atoms with Crippen molar-refractivity contribution < 1.29 is 9.90 Å². The Morgan fingerprint density at radius 1 is 1.56 bits per heavy atom. The van der Waals surface area contributed by atoms with Crippen LogP contribution in [0, 0.1) is 6.92 Å². The topological polar surface area (TPSA) is 49.3 Å². The fourth-order valence-electron chi connectivity index (χ4n) is 1.65. The van der Waals surface area contributed by atoms with E-state index in [1.54, 1.807) is 12.1 Å². The van der Waals surface area contributed by atoms with Crippen molar-refractivity contribution in [1.29, 1.82) is 0 Å². The number of hydrogen-bond acceptors (Lipinski definition) is 2. The largest absolute Gasteiger partial charge is 0.508 e. The van der Waals surface area contributed by atoms with Crippen LogP contribution in [0.2, 0.25) is 0 Å². The number of aryl methyl sites for hydroxylation is 1. The number of carbonyl (C=O) groups is 1. The SMILES string of the molecule is Cc1cc(O)ccc1C(=O)NC1(CBr)CC1. The lowest BCUT2D eigenvalue weighted by molar-refractivity contribution is 0.0936. The molecule has 0 aromatic heterocycles. The maximum atomic E-state index is 12.0. The Kier molecular flexibility index (Phi) is 2.93. The van der Waals surface area contributed by atoms with Crippen molar-refractivity contribution in [3.8, 4) is 5.75 Å². The van der Waals surface area contributed by atoms with Crippen molar-refractivity contribution in [2.45, 2.75) is 25.3 Å². The first-order valence-electron chi connectivity index (χ1n) is 5.24. The van der Waals surface area contributed by atoms with E-state index in [0.29, 0.717) is 5.56 Å². The molecule has 1 saturated carbocycles. The summed E-state index contributed by atoms with van der Waals surface area (Å²) < 4.78 is 0. The normalized spacial score (nSPS) is 16.9. The van der Waals surface area contributed by atoms with Gasteiger partial charge in [-0.3, -0.25) is 4.79 Å². The van der Waals surface area contributed by atoms with Crippen LogP contribution in [0.3, 0.4) is 0 Å². The minimum Gasteiger partial charge on any atom is -0.508 e. The highest BCUT2D eigenvalue weighted by Crippen LogP contribution is 2.37. The molecule has 0 bridgehead atoms. The number of phenols is 1. The van der Waals surface area contributed by atoms with Crippen molar-refractivity contribution in [1.82, 2.24) is 5.32 Å². The summed E-state index contributed by atoms with van der Waals surface area (Å²) in [5.74, 6) is 0.130. The summed E-state index contributed by atoms with van der Waals surface area (Å²) in [6.45, 7) is 1.82. The van der Waals surface area contributed by atoms with Crippen LogP contribution in [-0.4, -0.2) is 21.9 Å². The molecular formula is C12H14BrNO2. The molecule has 1 aromatic carbocycles. The molecule has 1 aliphatic rings. The van der Waals surface area contributed by atoms with E-state index in [9.17, 15) is 9.90 Å². The van der Waals surface area contributed by atoms with Crippen LogP contribution in [0.1, 0.15) is 28.8 Å². The zero-order valence-electron chi connectivity index (χ0n) is 9.09. The number of aromatic hydroxyl groups is 1. The summed E-state index contributed by atoms with van der Waals surface area (Å²) in [6.07, 6.45) is 2.06. The van der Waals surface area contributed by atoms with E-state index >= 15 is 0 Å². The van der Waals surface area contributed by atoms with Crippen molar-refractivity contribution in [2.75, 3.05) is 5.33 Å². The van der Waals surface area contributed by atoms with Crippen LogP contribution >= 0.6 is 15.9 Å². The standard InChI is InChI=1S/C12H14BrNO2/c1-8-6-9(15)2-3-10(8)11(16)14-12(7-13)4-5-12/h2-3,6,15H,4-5,7H2,1H3,(H,14,16). The third-order valence-electron chi connectivity index (χ3n) is 2.94. The van der Waals surface area contributed by atoms with E-state index in [0.717, 1.165) is 23.7 Å². The van der Waals surface area contributed by atoms with Crippen LogP contribution in [0.25, 0.3) is 0 Å². The van der Waals surface area contributed by atoms with E-state index in [2.05, 4.69) is 21.2 Å². The lowest BCUT2D eigenvalue weighted by atomic mass is 10.1. The van der Waals surface area contributed by atoms with Crippen molar-refractivity contribution in [3.63, 3.8) is 0 Å². The van der Waals surface area contributed by atoms with E-state index in [-0.39, 0.29) is 17.2 Å². The first-order valence-corrected chi connectivity index (χ1v) is 6.37. The molecule has 0 atom stereocenters. The second-order valence-electron chi connectivity index (χ2n) is 4.37. The number of halogens is 1. The van der Waals surface area contributed by atoms with Gasteiger partial charge in [0.25, 0.3) is 5.91 Å². The minimum atomic E-state index is -0.0607. The van der Waals surface area contributed by atoms with Crippen LogP contribution in [0.4, 0.5) is 0 Å². The van der Waals surface area contributed by atoms with Crippen LogP contribution in [0.5, 0.6) is 5.75 Å². The van der Waals surface area contributed by atoms with Gasteiger partial charge < -0.3 is 10.4 Å². The molecule has 0 spiro atoms. The molecule has 4 heteroatoms. The van der Waals surface area contributed by atoms with Crippen molar-refractivity contribution in [2.24, 2.45) is 0 Å². The summed E-state index contributed by atoms with van der Waals surface area (Å²) in [4.78, 5) is 12.0. The molecule has 0 saturated heterocycles. The highest BCUT2D eigenvalue weighted by molar-refractivity contribution is 9.09. The molecule has 2 N–H and O–H groups in total. The molecule has 0 unspecified atom stereocenters. The lowest BCUT2D eigenvalue weighted by Crippen LogP contribution is -2.38. The summed E-state index contributed by atoms with van der Waals surface area (Å²) in [6, 6.07) is 4.79. The molecule has 86 valence electrons. The van der Waals surface area contributed by atoms with Gasteiger partial charge in [0.05, 0.1) is 5.54 Å². The minimum absolute atomic E-state index is 0.0403. The monoisotopic (exact) mass is 283 g/mol. The Bertz CT molecular complexity index is 427. The Morgan fingerprint density at radius 2 is 2.25 bits per heavy atom. The van der Waals surface area contributed by atoms with Crippen molar-refractivity contribution >= 4 is 21.8 Å². The molecule has 0 heterocycles. The van der Waals surface area contributed by atoms with Gasteiger partial charge in [-0.05, 0) is 43.5 Å². The Morgan fingerprint density at radius 3 is 2.75 bits per heavy atom. The zero-order chi connectivity index (χ0) is 11.8. The van der Waals surface area contributed by atoms with Crippen LogP contribution < -0.4 is 5.32 Å². The molecule has 1 aromatic rings. The number of alkyl halides is 1. The summed E-state index contributed by atoms with van der Waals surface area (Å²) in [5, 5.41) is 13.1. The average Bonchev–Trinajstić information content (AvgIpc) is 2.98. The van der Waals surface area contributed by atoms with E-state index < -0.39 is 0 Å². The van der Waals surface area contributed by atoms with Gasteiger partial charge >= 0.3 is 0 Å². The summed E-state index contributed by atoms with van der Waals surface area (Å²) in [7, 11) is 0. The van der Waals surface area contributed by atoms with Gasteiger partial charge in [-0.2, -0.15) is 0 Å². The van der Waals surface area contributed by atoms with Gasteiger partial charge in [0.1, 0.15) is 5.75 Å². The fourth-order valence-corrected chi connectivity index (χ4v) is 2.35. The van der Waals surface area contributed by atoms with Gasteiger partial charge in [0.2, 0.25) is 0 Å². The predicted octanol–water partition coefficient (Wildman–Crippen LogP) is 2.36.